The van der Waals surface area contributed by atoms with Crippen molar-refractivity contribution < 1.29 is 4.92 Å². The molecule has 1 aliphatic carbocycles. The predicted molar refractivity (Wildman–Crippen MR) is 83.4 cm³/mol. The van der Waals surface area contributed by atoms with Crippen LogP contribution in [0.25, 0.3) is 0 Å². The van der Waals surface area contributed by atoms with Gasteiger partial charge in [0.15, 0.2) is 0 Å². The molecule has 0 amide bonds. The van der Waals surface area contributed by atoms with Gasteiger partial charge in [-0.3, -0.25) is 10.1 Å². The van der Waals surface area contributed by atoms with Gasteiger partial charge in [-0.25, -0.2) is 0 Å². The lowest BCUT2D eigenvalue weighted by Gasteiger charge is -2.20. The molecule has 3 rings (SSSR count). The van der Waals surface area contributed by atoms with Gasteiger partial charge in [0, 0.05) is 6.07 Å². The second kappa shape index (κ2) is 5.56. The summed E-state index contributed by atoms with van der Waals surface area (Å²) in [6.45, 7) is 2.06. The number of para-hydroxylation sites is 2. The van der Waals surface area contributed by atoms with E-state index in [2.05, 4.69) is 36.5 Å². The van der Waals surface area contributed by atoms with E-state index in [1.54, 1.807) is 18.2 Å². The molecular weight excluding hydrogens is 264 g/mol. The van der Waals surface area contributed by atoms with Gasteiger partial charge in [-0.2, -0.15) is 0 Å². The van der Waals surface area contributed by atoms with E-state index in [0.29, 0.717) is 11.6 Å². The highest BCUT2D eigenvalue weighted by Crippen LogP contribution is 2.43. The van der Waals surface area contributed by atoms with Gasteiger partial charge in [0.2, 0.25) is 0 Å². The van der Waals surface area contributed by atoms with Crippen molar-refractivity contribution in [1.29, 1.82) is 0 Å². The molecule has 1 aliphatic rings. The molecule has 1 atom stereocenters. The minimum atomic E-state index is -0.332. The quantitative estimate of drug-likeness (QED) is 0.650. The highest BCUT2D eigenvalue weighted by molar-refractivity contribution is 5.62. The first-order valence-electron chi connectivity index (χ1n) is 7.21. The zero-order valence-corrected chi connectivity index (χ0v) is 12.0. The van der Waals surface area contributed by atoms with Gasteiger partial charge in [-0.1, -0.05) is 42.0 Å². The van der Waals surface area contributed by atoms with E-state index in [4.69, 9.17) is 0 Å². The van der Waals surface area contributed by atoms with Crippen molar-refractivity contribution in [2.75, 3.05) is 5.32 Å². The molecule has 4 heteroatoms. The Bertz CT molecular complexity index is 648. The predicted octanol–water partition coefficient (Wildman–Crippen LogP) is 4.47. The van der Waals surface area contributed by atoms with E-state index in [0.717, 1.165) is 0 Å². The van der Waals surface area contributed by atoms with Gasteiger partial charge in [-0.05, 0) is 37.3 Å². The third kappa shape index (κ3) is 3.05. The van der Waals surface area contributed by atoms with Gasteiger partial charge in [0.05, 0.1) is 11.0 Å². The van der Waals surface area contributed by atoms with Crippen molar-refractivity contribution in [3.63, 3.8) is 0 Å². The SMILES string of the molecule is Cc1ccc([C@@H](Nc2ccccc2[N+](=O)[O-])C2CC2)cc1. The van der Waals surface area contributed by atoms with Crippen molar-refractivity contribution >= 4 is 11.4 Å². The van der Waals surface area contributed by atoms with E-state index in [1.807, 2.05) is 6.07 Å². The number of nitro benzene ring substituents is 1. The molecule has 4 nitrogen and oxygen atoms in total. The lowest BCUT2D eigenvalue weighted by atomic mass is 10.0. The van der Waals surface area contributed by atoms with Crippen molar-refractivity contribution in [2.45, 2.75) is 25.8 Å². The Morgan fingerprint density at radius 1 is 1.14 bits per heavy atom. The molecule has 0 bridgehead atoms. The van der Waals surface area contributed by atoms with Crippen LogP contribution in [0.15, 0.2) is 48.5 Å². The summed E-state index contributed by atoms with van der Waals surface area (Å²) in [4.78, 5) is 10.8. The van der Waals surface area contributed by atoms with Crippen LogP contribution in [-0.4, -0.2) is 4.92 Å². The zero-order valence-electron chi connectivity index (χ0n) is 12.0. The second-order valence-electron chi connectivity index (χ2n) is 5.64. The Hall–Kier alpha value is -2.36. The first-order valence-corrected chi connectivity index (χ1v) is 7.21. The summed E-state index contributed by atoms with van der Waals surface area (Å²) in [5.41, 5.74) is 3.15. The van der Waals surface area contributed by atoms with Crippen molar-refractivity contribution in [3.8, 4) is 0 Å². The monoisotopic (exact) mass is 282 g/mol. The summed E-state index contributed by atoms with van der Waals surface area (Å²) >= 11 is 0. The Kier molecular flexibility index (Phi) is 3.60. The van der Waals surface area contributed by atoms with Crippen LogP contribution in [0.4, 0.5) is 11.4 Å². The number of aryl methyl sites for hydroxylation is 1. The molecule has 1 N–H and O–H groups in total. The highest BCUT2D eigenvalue weighted by atomic mass is 16.6. The third-order valence-corrected chi connectivity index (χ3v) is 3.94. The van der Waals surface area contributed by atoms with Gasteiger partial charge >= 0.3 is 0 Å². The molecule has 1 fully saturated rings. The van der Waals surface area contributed by atoms with Gasteiger partial charge in [0.1, 0.15) is 5.69 Å². The maximum absolute atomic E-state index is 11.1. The van der Waals surface area contributed by atoms with Crippen LogP contribution in [0, 0.1) is 23.0 Å². The molecule has 21 heavy (non-hydrogen) atoms. The van der Waals surface area contributed by atoms with Gasteiger partial charge in [0.25, 0.3) is 5.69 Å². The Morgan fingerprint density at radius 2 is 1.81 bits per heavy atom. The van der Waals surface area contributed by atoms with E-state index in [9.17, 15) is 10.1 Å². The molecule has 0 aromatic heterocycles. The largest absolute Gasteiger partial charge is 0.372 e. The smallest absolute Gasteiger partial charge is 0.292 e. The van der Waals surface area contributed by atoms with Crippen LogP contribution in [-0.2, 0) is 0 Å². The second-order valence-corrected chi connectivity index (χ2v) is 5.64. The molecule has 108 valence electrons. The summed E-state index contributed by atoms with van der Waals surface area (Å²) in [5, 5.41) is 14.5. The number of anilines is 1. The van der Waals surface area contributed by atoms with Crippen molar-refractivity contribution in [1.82, 2.24) is 0 Å². The molecule has 1 saturated carbocycles. The number of benzene rings is 2. The van der Waals surface area contributed by atoms with Crippen LogP contribution < -0.4 is 5.32 Å². The molecule has 0 aliphatic heterocycles. The fourth-order valence-corrected chi connectivity index (χ4v) is 2.60. The molecule has 0 spiro atoms. The average molecular weight is 282 g/mol. The number of rotatable bonds is 5. The Labute approximate surface area is 124 Å². The average Bonchev–Trinajstić information content (AvgIpc) is 3.31. The maximum Gasteiger partial charge on any atom is 0.292 e. The van der Waals surface area contributed by atoms with Crippen LogP contribution in [0.3, 0.4) is 0 Å². The van der Waals surface area contributed by atoms with Gasteiger partial charge < -0.3 is 5.32 Å². The number of nitrogens with zero attached hydrogens (tertiary/aromatic N) is 1. The summed E-state index contributed by atoms with van der Waals surface area (Å²) < 4.78 is 0. The summed E-state index contributed by atoms with van der Waals surface area (Å²) in [5.74, 6) is 0.563. The van der Waals surface area contributed by atoms with Gasteiger partial charge in [-0.15, -0.1) is 0 Å². The number of hydrogen-bond acceptors (Lipinski definition) is 3. The lowest BCUT2D eigenvalue weighted by molar-refractivity contribution is -0.384. The molecule has 0 saturated heterocycles. The minimum Gasteiger partial charge on any atom is -0.372 e. The van der Waals surface area contributed by atoms with Crippen LogP contribution in [0.2, 0.25) is 0 Å². The summed E-state index contributed by atoms with van der Waals surface area (Å²) in [6, 6.07) is 15.4. The maximum atomic E-state index is 11.1. The first-order chi connectivity index (χ1) is 10.1. The number of nitrogens with one attached hydrogen (secondary N) is 1. The number of nitro groups is 1. The molecule has 0 radical (unpaired) electrons. The van der Waals surface area contributed by atoms with E-state index < -0.39 is 0 Å². The topological polar surface area (TPSA) is 55.2 Å². The minimum absolute atomic E-state index is 0.135. The highest BCUT2D eigenvalue weighted by Gasteiger charge is 2.33. The lowest BCUT2D eigenvalue weighted by Crippen LogP contribution is -2.14. The van der Waals surface area contributed by atoms with E-state index in [-0.39, 0.29) is 16.7 Å². The Balaban J connectivity index is 1.90. The van der Waals surface area contributed by atoms with Crippen LogP contribution >= 0.6 is 0 Å². The standard InChI is InChI=1S/C17H18N2O2/c1-12-6-8-13(9-7-12)17(14-10-11-14)18-15-4-2-3-5-16(15)19(20)21/h2-9,14,17-18H,10-11H2,1H3/t17-/m1/s1. The molecule has 0 unspecified atom stereocenters. The normalized spacial score (nSPS) is 15.5. The zero-order chi connectivity index (χ0) is 14.8. The fraction of sp³-hybridized carbons (Fsp3) is 0.294. The third-order valence-electron chi connectivity index (χ3n) is 3.94. The molecule has 2 aromatic carbocycles. The summed E-state index contributed by atoms with van der Waals surface area (Å²) in [7, 11) is 0. The molecule has 2 aromatic rings. The van der Waals surface area contributed by atoms with Crippen molar-refractivity contribution in [3.05, 3.63) is 69.8 Å². The molecule has 0 heterocycles. The van der Waals surface area contributed by atoms with Crippen LogP contribution in [0.1, 0.15) is 30.0 Å². The fourth-order valence-electron chi connectivity index (χ4n) is 2.60. The number of hydrogen-bond donors (Lipinski definition) is 1. The first kappa shape index (κ1) is 13.6. The Morgan fingerprint density at radius 3 is 2.43 bits per heavy atom. The van der Waals surface area contributed by atoms with E-state index in [1.165, 1.54) is 24.0 Å². The van der Waals surface area contributed by atoms with Crippen molar-refractivity contribution in [2.24, 2.45) is 5.92 Å². The van der Waals surface area contributed by atoms with E-state index >= 15 is 0 Å². The van der Waals surface area contributed by atoms with Crippen LogP contribution in [0.5, 0.6) is 0 Å². The molecular formula is C17H18N2O2. The summed E-state index contributed by atoms with van der Waals surface area (Å²) in [6.07, 6.45) is 2.35.